The molecule has 0 aliphatic heterocycles. The smallest absolute Gasteiger partial charge is 0.0723 e. The lowest BCUT2D eigenvalue weighted by atomic mass is 9.99. The molecule has 0 aliphatic carbocycles. The van der Waals surface area contributed by atoms with Gasteiger partial charge in [0.15, 0.2) is 0 Å². The maximum Gasteiger partial charge on any atom is 0.0723 e. The van der Waals surface area contributed by atoms with Gasteiger partial charge in [-0.3, -0.25) is 0 Å². The van der Waals surface area contributed by atoms with Crippen LogP contribution in [0.3, 0.4) is 0 Å². The van der Waals surface area contributed by atoms with Crippen LogP contribution in [0.4, 0.5) is 0 Å². The molecule has 106 valence electrons. The Kier molecular flexibility index (Phi) is 4.04. The minimum Gasteiger partial charge on any atom is -0.322 e. The molecule has 2 nitrogen and oxygen atoms in total. The molecule has 0 spiro atoms. The van der Waals surface area contributed by atoms with Crippen LogP contribution in [-0.4, -0.2) is 4.98 Å². The summed E-state index contributed by atoms with van der Waals surface area (Å²) in [5.41, 5.74) is 10.8. The Balaban J connectivity index is 1.96. The molecule has 0 saturated heterocycles. The molecule has 2 aromatic carbocycles. The minimum absolute atomic E-state index is 0.120. The molecule has 1 heterocycles. The fraction of sp³-hybridized carbons (Fsp3) is 0.167. The topological polar surface area (TPSA) is 38.9 Å². The normalized spacial score (nSPS) is 12.5. The number of fused-ring (bicyclic) bond motifs is 1. The molecule has 1 atom stereocenters. The van der Waals surface area contributed by atoms with Gasteiger partial charge in [0.2, 0.25) is 0 Å². The summed E-state index contributed by atoms with van der Waals surface area (Å²) in [6, 6.07) is 18.4. The standard InChI is InChI=1S/C18H17BrN2/c1-12-6-2-3-7-13(12)11-16(20)18-15(19)10-14-8-4-5-9-17(14)21-18/h2-10,16H,11,20H2,1H3. The second kappa shape index (κ2) is 5.96. The molecule has 3 rings (SSSR count). The molecule has 3 heteroatoms. The Morgan fingerprint density at radius 1 is 1.10 bits per heavy atom. The van der Waals surface area contributed by atoms with E-state index in [0.29, 0.717) is 0 Å². The highest BCUT2D eigenvalue weighted by molar-refractivity contribution is 9.10. The molecule has 3 aromatic rings. The van der Waals surface area contributed by atoms with Gasteiger partial charge >= 0.3 is 0 Å². The summed E-state index contributed by atoms with van der Waals surface area (Å²) in [7, 11) is 0. The third-order valence-electron chi connectivity index (χ3n) is 3.76. The average molecular weight is 341 g/mol. The van der Waals surface area contributed by atoms with Crippen LogP contribution in [0.25, 0.3) is 10.9 Å². The van der Waals surface area contributed by atoms with E-state index in [1.807, 2.05) is 18.2 Å². The first-order valence-corrected chi connectivity index (χ1v) is 7.80. The molecule has 0 amide bonds. The van der Waals surface area contributed by atoms with E-state index >= 15 is 0 Å². The highest BCUT2D eigenvalue weighted by Gasteiger charge is 2.14. The zero-order valence-corrected chi connectivity index (χ0v) is 13.5. The van der Waals surface area contributed by atoms with Gasteiger partial charge in [-0.25, -0.2) is 4.98 Å². The predicted octanol–water partition coefficient (Wildman–Crippen LogP) is 4.55. The van der Waals surface area contributed by atoms with Crippen molar-refractivity contribution in [1.29, 1.82) is 0 Å². The molecule has 1 aromatic heterocycles. The summed E-state index contributed by atoms with van der Waals surface area (Å²) >= 11 is 3.61. The van der Waals surface area contributed by atoms with Gasteiger partial charge in [-0.2, -0.15) is 0 Å². The first-order valence-electron chi connectivity index (χ1n) is 7.00. The Hall–Kier alpha value is -1.71. The maximum absolute atomic E-state index is 6.40. The van der Waals surface area contributed by atoms with Gasteiger partial charge in [0.25, 0.3) is 0 Å². The van der Waals surface area contributed by atoms with Gasteiger partial charge in [-0.15, -0.1) is 0 Å². The van der Waals surface area contributed by atoms with Crippen LogP contribution in [-0.2, 0) is 6.42 Å². The SMILES string of the molecule is Cc1ccccc1CC(N)c1nc2ccccc2cc1Br. The van der Waals surface area contributed by atoms with E-state index in [1.165, 1.54) is 11.1 Å². The number of para-hydroxylation sites is 1. The maximum atomic E-state index is 6.40. The first-order chi connectivity index (χ1) is 10.1. The zero-order chi connectivity index (χ0) is 14.8. The van der Waals surface area contributed by atoms with Crippen LogP contribution >= 0.6 is 15.9 Å². The Morgan fingerprint density at radius 2 is 1.81 bits per heavy atom. The Morgan fingerprint density at radius 3 is 2.62 bits per heavy atom. The summed E-state index contributed by atoms with van der Waals surface area (Å²) in [5, 5.41) is 1.12. The quantitative estimate of drug-likeness (QED) is 0.759. The third kappa shape index (κ3) is 2.99. The van der Waals surface area contributed by atoms with Gasteiger partial charge in [0.1, 0.15) is 0 Å². The molecule has 2 N–H and O–H groups in total. The van der Waals surface area contributed by atoms with Crippen molar-refractivity contribution in [1.82, 2.24) is 4.98 Å². The lowest BCUT2D eigenvalue weighted by Gasteiger charge is -2.15. The van der Waals surface area contributed by atoms with E-state index < -0.39 is 0 Å². The van der Waals surface area contributed by atoms with E-state index in [0.717, 1.165) is 27.5 Å². The van der Waals surface area contributed by atoms with Crippen molar-refractivity contribution in [2.75, 3.05) is 0 Å². The van der Waals surface area contributed by atoms with Crippen LogP contribution in [0, 0.1) is 6.92 Å². The van der Waals surface area contributed by atoms with Crippen LogP contribution < -0.4 is 5.73 Å². The van der Waals surface area contributed by atoms with Crippen molar-refractivity contribution < 1.29 is 0 Å². The average Bonchev–Trinajstić information content (AvgIpc) is 2.49. The van der Waals surface area contributed by atoms with E-state index in [-0.39, 0.29) is 6.04 Å². The van der Waals surface area contributed by atoms with E-state index in [2.05, 4.69) is 59.3 Å². The number of hydrogen-bond acceptors (Lipinski definition) is 2. The van der Waals surface area contributed by atoms with Crippen molar-refractivity contribution in [3.63, 3.8) is 0 Å². The van der Waals surface area contributed by atoms with Gasteiger partial charge in [0, 0.05) is 9.86 Å². The molecule has 1 unspecified atom stereocenters. The Bertz CT molecular complexity index is 783. The first kappa shape index (κ1) is 14.2. The fourth-order valence-electron chi connectivity index (χ4n) is 2.54. The summed E-state index contributed by atoms with van der Waals surface area (Å²) < 4.78 is 0.974. The van der Waals surface area contributed by atoms with Crippen molar-refractivity contribution in [2.45, 2.75) is 19.4 Å². The molecule has 0 aliphatic rings. The molecule has 0 fully saturated rings. The molecule has 0 bridgehead atoms. The van der Waals surface area contributed by atoms with E-state index in [1.54, 1.807) is 0 Å². The highest BCUT2D eigenvalue weighted by Crippen LogP contribution is 2.27. The lowest BCUT2D eigenvalue weighted by molar-refractivity contribution is 0.693. The highest BCUT2D eigenvalue weighted by atomic mass is 79.9. The zero-order valence-electron chi connectivity index (χ0n) is 11.9. The number of aromatic nitrogens is 1. The number of nitrogens with two attached hydrogens (primary N) is 1. The number of halogens is 1. The molecular weight excluding hydrogens is 324 g/mol. The monoisotopic (exact) mass is 340 g/mol. The van der Waals surface area contributed by atoms with Gasteiger partial charge in [-0.05, 0) is 52.5 Å². The summed E-state index contributed by atoms with van der Waals surface area (Å²) in [5.74, 6) is 0. The number of hydrogen-bond donors (Lipinski definition) is 1. The minimum atomic E-state index is -0.120. The summed E-state index contributed by atoms with van der Waals surface area (Å²) in [4.78, 5) is 4.73. The van der Waals surface area contributed by atoms with E-state index in [9.17, 15) is 0 Å². The number of aryl methyl sites for hydroxylation is 1. The van der Waals surface area contributed by atoms with Gasteiger partial charge < -0.3 is 5.73 Å². The number of pyridine rings is 1. The van der Waals surface area contributed by atoms with Crippen LogP contribution in [0.15, 0.2) is 59.1 Å². The fourth-order valence-corrected chi connectivity index (χ4v) is 3.17. The largest absolute Gasteiger partial charge is 0.322 e. The van der Waals surface area contributed by atoms with Gasteiger partial charge in [0.05, 0.1) is 17.3 Å². The number of nitrogens with zero attached hydrogens (tertiary/aromatic N) is 1. The second-order valence-corrected chi connectivity index (χ2v) is 6.14. The third-order valence-corrected chi connectivity index (χ3v) is 4.39. The molecule has 0 saturated carbocycles. The van der Waals surface area contributed by atoms with Crippen molar-refractivity contribution >= 4 is 26.8 Å². The lowest BCUT2D eigenvalue weighted by Crippen LogP contribution is -2.16. The molecule has 21 heavy (non-hydrogen) atoms. The van der Waals surface area contributed by atoms with Crippen LogP contribution in [0.1, 0.15) is 22.9 Å². The second-order valence-electron chi connectivity index (χ2n) is 5.29. The van der Waals surface area contributed by atoms with Crippen LogP contribution in [0.2, 0.25) is 0 Å². The molecule has 0 radical (unpaired) electrons. The number of benzene rings is 2. The summed E-state index contributed by atoms with van der Waals surface area (Å²) in [6.07, 6.45) is 0.788. The van der Waals surface area contributed by atoms with Gasteiger partial charge in [-0.1, -0.05) is 42.5 Å². The van der Waals surface area contributed by atoms with Crippen molar-refractivity contribution in [3.8, 4) is 0 Å². The number of rotatable bonds is 3. The Labute approximate surface area is 133 Å². The molecular formula is C18H17BrN2. The predicted molar refractivity (Wildman–Crippen MR) is 91.3 cm³/mol. The van der Waals surface area contributed by atoms with Crippen molar-refractivity contribution in [3.05, 3.63) is 75.9 Å². The summed E-state index contributed by atoms with van der Waals surface area (Å²) in [6.45, 7) is 2.12. The van der Waals surface area contributed by atoms with Crippen molar-refractivity contribution in [2.24, 2.45) is 5.73 Å². The van der Waals surface area contributed by atoms with E-state index in [4.69, 9.17) is 10.7 Å². The van der Waals surface area contributed by atoms with Crippen LogP contribution in [0.5, 0.6) is 0 Å².